The van der Waals surface area contributed by atoms with E-state index in [9.17, 15) is 0 Å². The summed E-state index contributed by atoms with van der Waals surface area (Å²) in [5, 5.41) is 5.23. The minimum atomic E-state index is 0.503. The quantitative estimate of drug-likeness (QED) is 0.798. The Morgan fingerprint density at radius 2 is 1.79 bits per heavy atom. The van der Waals surface area contributed by atoms with Crippen molar-refractivity contribution in [3.05, 3.63) is 33.8 Å². The Kier molecular flexibility index (Phi) is 6.00. The molecule has 0 aromatic heterocycles. The molecule has 0 heterocycles. The zero-order chi connectivity index (χ0) is 13.7. The summed E-state index contributed by atoms with van der Waals surface area (Å²) >= 11 is 12.6. The minimum absolute atomic E-state index is 0.503. The van der Waals surface area contributed by atoms with Crippen LogP contribution in [0.5, 0.6) is 0 Å². The summed E-state index contributed by atoms with van der Waals surface area (Å²) in [6.07, 6.45) is 7.73. The highest BCUT2D eigenvalue weighted by atomic mass is 35.5. The molecule has 0 aliphatic heterocycles. The molecule has 3 heteroatoms. The molecule has 1 saturated carbocycles. The number of likely N-dealkylation sites (N-methyl/N-ethyl adjacent to an activating group) is 1. The molecule has 0 amide bonds. The van der Waals surface area contributed by atoms with Gasteiger partial charge in [0.05, 0.1) is 0 Å². The van der Waals surface area contributed by atoms with Gasteiger partial charge in [0, 0.05) is 16.1 Å². The van der Waals surface area contributed by atoms with Crippen molar-refractivity contribution in [2.45, 2.75) is 51.5 Å². The van der Waals surface area contributed by atoms with Gasteiger partial charge in [-0.3, -0.25) is 0 Å². The van der Waals surface area contributed by atoms with Crippen molar-refractivity contribution in [2.75, 3.05) is 6.54 Å². The Hall–Kier alpha value is -0.240. The summed E-state index contributed by atoms with van der Waals surface area (Å²) in [4.78, 5) is 0. The first-order valence-corrected chi connectivity index (χ1v) is 8.14. The third-order valence-corrected chi connectivity index (χ3v) is 4.88. The zero-order valence-corrected chi connectivity index (χ0v) is 13.1. The number of halogens is 2. The van der Waals surface area contributed by atoms with E-state index < -0.39 is 0 Å². The smallest absolute Gasteiger partial charge is 0.0453 e. The topological polar surface area (TPSA) is 12.0 Å². The summed E-state index contributed by atoms with van der Waals surface area (Å²) < 4.78 is 0. The van der Waals surface area contributed by atoms with Gasteiger partial charge < -0.3 is 5.32 Å². The summed E-state index contributed by atoms with van der Waals surface area (Å²) in [5.74, 6) is 0.765. The van der Waals surface area contributed by atoms with Gasteiger partial charge in [0.15, 0.2) is 0 Å². The van der Waals surface area contributed by atoms with Crippen LogP contribution in [0.4, 0.5) is 0 Å². The molecule has 1 unspecified atom stereocenters. The lowest BCUT2D eigenvalue weighted by molar-refractivity contribution is 0.269. The van der Waals surface area contributed by atoms with E-state index >= 15 is 0 Å². The van der Waals surface area contributed by atoms with Crippen LogP contribution in [-0.2, 0) is 6.42 Å². The Morgan fingerprint density at radius 1 is 1.16 bits per heavy atom. The highest BCUT2D eigenvalue weighted by molar-refractivity contribution is 6.36. The average Bonchev–Trinajstić information content (AvgIpc) is 2.43. The van der Waals surface area contributed by atoms with Crippen molar-refractivity contribution in [3.63, 3.8) is 0 Å². The van der Waals surface area contributed by atoms with E-state index in [0.29, 0.717) is 6.04 Å². The molecular formula is C16H23Cl2N. The van der Waals surface area contributed by atoms with E-state index in [2.05, 4.69) is 12.2 Å². The molecular weight excluding hydrogens is 277 g/mol. The second-order valence-electron chi connectivity index (χ2n) is 5.47. The molecule has 1 aliphatic carbocycles. The lowest BCUT2D eigenvalue weighted by Gasteiger charge is -2.31. The first-order valence-electron chi connectivity index (χ1n) is 7.38. The number of nitrogens with one attached hydrogen (secondary N) is 1. The second-order valence-corrected chi connectivity index (χ2v) is 6.28. The molecule has 1 nitrogen and oxygen atoms in total. The first kappa shape index (κ1) is 15.2. The second kappa shape index (κ2) is 7.52. The van der Waals surface area contributed by atoms with Crippen LogP contribution in [0, 0.1) is 5.92 Å². The molecule has 1 aliphatic rings. The van der Waals surface area contributed by atoms with Crippen molar-refractivity contribution < 1.29 is 0 Å². The maximum Gasteiger partial charge on any atom is 0.0453 e. The highest BCUT2D eigenvalue weighted by Crippen LogP contribution is 2.31. The normalized spacial score (nSPS) is 18.5. The highest BCUT2D eigenvalue weighted by Gasteiger charge is 2.24. The fraction of sp³-hybridized carbons (Fsp3) is 0.625. The first-order chi connectivity index (χ1) is 9.22. The largest absolute Gasteiger partial charge is 0.314 e. The minimum Gasteiger partial charge on any atom is -0.314 e. The molecule has 0 bridgehead atoms. The van der Waals surface area contributed by atoms with Crippen LogP contribution in [0.3, 0.4) is 0 Å². The van der Waals surface area contributed by atoms with Crippen LogP contribution >= 0.6 is 23.2 Å². The number of rotatable bonds is 5. The lowest BCUT2D eigenvalue weighted by atomic mass is 9.81. The van der Waals surface area contributed by atoms with Gasteiger partial charge in [-0.2, -0.15) is 0 Å². The van der Waals surface area contributed by atoms with Gasteiger partial charge in [-0.25, -0.2) is 0 Å². The number of hydrogen-bond acceptors (Lipinski definition) is 1. The van der Waals surface area contributed by atoms with Gasteiger partial charge in [-0.05, 0) is 49.4 Å². The summed E-state index contributed by atoms with van der Waals surface area (Å²) in [6.45, 7) is 3.17. The van der Waals surface area contributed by atoms with Gasteiger partial charge in [0.2, 0.25) is 0 Å². The van der Waals surface area contributed by atoms with E-state index in [1.807, 2.05) is 18.2 Å². The third kappa shape index (κ3) is 4.11. The van der Waals surface area contributed by atoms with Crippen LogP contribution in [0.25, 0.3) is 0 Å². The molecule has 1 aromatic carbocycles. The molecule has 106 valence electrons. The molecule has 1 N–H and O–H groups in total. The van der Waals surface area contributed by atoms with E-state index in [0.717, 1.165) is 34.5 Å². The Bertz CT molecular complexity index is 379. The van der Waals surface area contributed by atoms with Crippen molar-refractivity contribution >= 4 is 23.2 Å². The molecule has 1 aromatic rings. The standard InChI is InChI=1S/C16H23Cl2N/c1-2-19-16(12-7-4-3-5-8-12)11-13-14(17)9-6-10-15(13)18/h6,9-10,12,16,19H,2-5,7-8,11H2,1H3. The van der Waals surface area contributed by atoms with Crippen LogP contribution < -0.4 is 5.32 Å². The van der Waals surface area contributed by atoms with E-state index in [4.69, 9.17) is 23.2 Å². The van der Waals surface area contributed by atoms with Gasteiger partial charge in [0.25, 0.3) is 0 Å². The van der Waals surface area contributed by atoms with Crippen LogP contribution in [0.2, 0.25) is 10.0 Å². The number of hydrogen-bond donors (Lipinski definition) is 1. The Morgan fingerprint density at radius 3 is 2.37 bits per heavy atom. The van der Waals surface area contributed by atoms with Gasteiger partial charge in [-0.15, -0.1) is 0 Å². The fourth-order valence-corrected chi connectivity index (χ4v) is 3.70. The van der Waals surface area contributed by atoms with Gasteiger partial charge in [-0.1, -0.05) is 55.5 Å². The summed E-state index contributed by atoms with van der Waals surface area (Å²) in [7, 11) is 0. The van der Waals surface area contributed by atoms with E-state index in [-0.39, 0.29) is 0 Å². The van der Waals surface area contributed by atoms with Crippen molar-refractivity contribution in [2.24, 2.45) is 5.92 Å². The van der Waals surface area contributed by atoms with Crippen molar-refractivity contribution in [1.82, 2.24) is 5.32 Å². The van der Waals surface area contributed by atoms with E-state index in [1.54, 1.807) is 0 Å². The van der Waals surface area contributed by atoms with E-state index in [1.165, 1.54) is 32.1 Å². The SMILES string of the molecule is CCNC(Cc1c(Cl)cccc1Cl)C1CCCCC1. The predicted octanol–water partition coefficient (Wildman–Crippen LogP) is 5.09. The molecule has 1 fully saturated rings. The fourth-order valence-electron chi connectivity index (χ4n) is 3.15. The summed E-state index contributed by atoms with van der Waals surface area (Å²) in [5.41, 5.74) is 1.10. The van der Waals surface area contributed by atoms with Gasteiger partial charge in [0.1, 0.15) is 0 Å². The van der Waals surface area contributed by atoms with Gasteiger partial charge >= 0.3 is 0 Å². The van der Waals surface area contributed by atoms with Crippen molar-refractivity contribution in [1.29, 1.82) is 0 Å². The molecule has 0 saturated heterocycles. The monoisotopic (exact) mass is 299 g/mol. The summed E-state index contributed by atoms with van der Waals surface area (Å²) in [6, 6.07) is 6.29. The molecule has 0 spiro atoms. The maximum atomic E-state index is 6.30. The number of benzene rings is 1. The van der Waals surface area contributed by atoms with Crippen LogP contribution in [0.1, 0.15) is 44.6 Å². The van der Waals surface area contributed by atoms with Crippen LogP contribution in [0.15, 0.2) is 18.2 Å². The molecule has 19 heavy (non-hydrogen) atoms. The van der Waals surface area contributed by atoms with Crippen molar-refractivity contribution in [3.8, 4) is 0 Å². The molecule has 2 rings (SSSR count). The van der Waals surface area contributed by atoms with Crippen LogP contribution in [-0.4, -0.2) is 12.6 Å². The third-order valence-electron chi connectivity index (χ3n) is 4.17. The zero-order valence-electron chi connectivity index (χ0n) is 11.6. The lowest BCUT2D eigenvalue weighted by Crippen LogP contribution is -2.39. The molecule has 0 radical (unpaired) electrons. The Balaban J connectivity index is 2.11. The average molecular weight is 300 g/mol. The maximum absolute atomic E-state index is 6.30. The molecule has 1 atom stereocenters. The Labute approximate surface area is 126 Å². The predicted molar refractivity (Wildman–Crippen MR) is 84.2 cm³/mol.